The number of halogens is 2. The van der Waals surface area contributed by atoms with Gasteiger partial charge in [-0.15, -0.1) is 0 Å². The summed E-state index contributed by atoms with van der Waals surface area (Å²) in [6.45, 7) is 0.700. The summed E-state index contributed by atoms with van der Waals surface area (Å²) in [6.07, 6.45) is 0.729. The Hall–Kier alpha value is -0.860. The second-order valence-electron chi connectivity index (χ2n) is 3.66. The van der Waals surface area contributed by atoms with Crippen molar-refractivity contribution in [2.24, 2.45) is 0 Å². The van der Waals surface area contributed by atoms with Gasteiger partial charge in [0.1, 0.15) is 11.5 Å². The van der Waals surface area contributed by atoms with E-state index >= 15 is 0 Å². The van der Waals surface area contributed by atoms with Gasteiger partial charge < -0.3 is 10.4 Å². The zero-order valence-corrected chi connectivity index (χ0v) is 12.5. The SMILES string of the molecule is O=[N+]([O-])c1cc(F)c(Br)cc1NCCSCCCO. The first-order valence-corrected chi connectivity index (χ1v) is 7.57. The fourth-order valence-corrected chi connectivity index (χ4v) is 2.48. The molecule has 0 aliphatic carbocycles. The number of anilines is 1. The molecule has 0 bridgehead atoms. The van der Waals surface area contributed by atoms with Crippen molar-refractivity contribution in [3.8, 4) is 0 Å². The molecule has 0 aromatic heterocycles. The molecule has 0 amide bonds. The van der Waals surface area contributed by atoms with Gasteiger partial charge in [-0.2, -0.15) is 11.8 Å². The molecular weight excluding hydrogens is 339 g/mol. The van der Waals surface area contributed by atoms with Gasteiger partial charge in [0, 0.05) is 18.9 Å². The van der Waals surface area contributed by atoms with Gasteiger partial charge in [0.2, 0.25) is 0 Å². The topological polar surface area (TPSA) is 75.4 Å². The molecule has 0 saturated heterocycles. The van der Waals surface area contributed by atoms with E-state index in [1.54, 1.807) is 11.8 Å². The van der Waals surface area contributed by atoms with Gasteiger partial charge in [0.15, 0.2) is 0 Å². The molecule has 0 fully saturated rings. The minimum Gasteiger partial charge on any atom is -0.396 e. The number of hydrogen-bond donors (Lipinski definition) is 2. The van der Waals surface area contributed by atoms with Crippen molar-refractivity contribution in [2.75, 3.05) is 30.0 Å². The Bertz CT molecular complexity index is 448. The predicted molar refractivity (Wildman–Crippen MR) is 78.3 cm³/mol. The summed E-state index contributed by atoms with van der Waals surface area (Å²) in [4.78, 5) is 10.2. The monoisotopic (exact) mass is 352 g/mol. The van der Waals surface area contributed by atoms with Crippen LogP contribution in [0.15, 0.2) is 16.6 Å². The van der Waals surface area contributed by atoms with E-state index < -0.39 is 10.7 Å². The summed E-state index contributed by atoms with van der Waals surface area (Å²) >= 11 is 4.64. The Morgan fingerprint density at radius 1 is 1.47 bits per heavy atom. The first kappa shape index (κ1) is 16.2. The molecular formula is C11H14BrFN2O3S. The summed E-state index contributed by atoms with van der Waals surface area (Å²) in [6, 6.07) is 2.26. The highest BCUT2D eigenvalue weighted by Crippen LogP contribution is 2.30. The lowest BCUT2D eigenvalue weighted by molar-refractivity contribution is -0.384. The van der Waals surface area contributed by atoms with Crippen molar-refractivity contribution in [1.29, 1.82) is 0 Å². The van der Waals surface area contributed by atoms with Crippen molar-refractivity contribution < 1.29 is 14.4 Å². The van der Waals surface area contributed by atoms with Crippen LogP contribution in [0.5, 0.6) is 0 Å². The van der Waals surface area contributed by atoms with Gasteiger partial charge in [-0.1, -0.05) is 0 Å². The van der Waals surface area contributed by atoms with Crippen molar-refractivity contribution in [3.05, 3.63) is 32.5 Å². The molecule has 1 aromatic rings. The average molecular weight is 353 g/mol. The standard InChI is InChI=1S/C11H14BrFN2O3S/c12-8-6-10(11(15(17)18)7-9(8)13)14-2-5-19-4-1-3-16/h6-7,14,16H,1-5H2. The number of nitro groups is 1. The van der Waals surface area contributed by atoms with E-state index in [4.69, 9.17) is 5.11 Å². The molecule has 0 unspecified atom stereocenters. The van der Waals surface area contributed by atoms with Crippen molar-refractivity contribution in [2.45, 2.75) is 6.42 Å². The van der Waals surface area contributed by atoms with Crippen LogP contribution >= 0.6 is 27.7 Å². The highest BCUT2D eigenvalue weighted by Gasteiger charge is 2.17. The number of nitrogens with one attached hydrogen (secondary N) is 1. The molecule has 106 valence electrons. The Labute approximate surface area is 122 Å². The summed E-state index contributed by atoms with van der Waals surface area (Å²) in [7, 11) is 0. The molecule has 8 heteroatoms. The van der Waals surface area contributed by atoms with E-state index in [9.17, 15) is 14.5 Å². The molecule has 0 saturated carbocycles. The van der Waals surface area contributed by atoms with Crippen LogP contribution in [0.25, 0.3) is 0 Å². The third kappa shape index (κ3) is 5.33. The van der Waals surface area contributed by atoms with Crippen molar-refractivity contribution >= 4 is 39.1 Å². The van der Waals surface area contributed by atoms with E-state index in [0.717, 1.165) is 24.0 Å². The number of aliphatic hydroxyl groups excluding tert-OH is 1. The zero-order chi connectivity index (χ0) is 14.3. The Balaban J connectivity index is 2.57. The number of hydrogen-bond acceptors (Lipinski definition) is 5. The lowest BCUT2D eigenvalue weighted by atomic mass is 10.2. The Kier molecular flexibility index (Phi) is 7.11. The smallest absolute Gasteiger partial charge is 0.295 e. The van der Waals surface area contributed by atoms with Crippen LogP contribution in [0.3, 0.4) is 0 Å². The summed E-state index contributed by atoms with van der Waals surface area (Å²) < 4.78 is 13.4. The molecule has 0 heterocycles. The fourth-order valence-electron chi connectivity index (χ4n) is 1.36. The molecule has 0 aliphatic heterocycles. The van der Waals surface area contributed by atoms with E-state index in [1.807, 2.05) is 0 Å². The van der Waals surface area contributed by atoms with Gasteiger partial charge in [-0.3, -0.25) is 10.1 Å². The van der Waals surface area contributed by atoms with Crippen molar-refractivity contribution in [1.82, 2.24) is 0 Å². The lowest BCUT2D eigenvalue weighted by Gasteiger charge is -2.08. The van der Waals surface area contributed by atoms with Gasteiger partial charge >= 0.3 is 0 Å². The van der Waals surface area contributed by atoms with E-state index in [-0.39, 0.29) is 16.8 Å². The highest BCUT2D eigenvalue weighted by molar-refractivity contribution is 9.10. The number of nitro benzene ring substituents is 1. The third-order valence-corrected chi connectivity index (χ3v) is 3.92. The van der Waals surface area contributed by atoms with E-state index in [2.05, 4.69) is 21.2 Å². The summed E-state index contributed by atoms with van der Waals surface area (Å²) in [5, 5.41) is 22.3. The predicted octanol–water partition coefficient (Wildman–Crippen LogP) is 3.02. The maximum Gasteiger partial charge on any atom is 0.295 e. The number of benzene rings is 1. The molecule has 0 radical (unpaired) electrons. The first-order valence-electron chi connectivity index (χ1n) is 5.62. The van der Waals surface area contributed by atoms with Crippen LogP contribution in [0.1, 0.15) is 6.42 Å². The number of aliphatic hydroxyl groups is 1. The van der Waals surface area contributed by atoms with Crippen LogP contribution in [0, 0.1) is 15.9 Å². The molecule has 2 N–H and O–H groups in total. The molecule has 19 heavy (non-hydrogen) atoms. The number of thioether (sulfide) groups is 1. The Morgan fingerprint density at radius 3 is 2.84 bits per heavy atom. The minimum absolute atomic E-state index is 0.164. The molecule has 0 aliphatic rings. The van der Waals surface area contributed by atoms with E-state index in [1.165, 1.54) is 6.07 Å². The lowest BCUT2D eigenvalue weighted by Crippen LogP contribution is -2.07. The minimum atomic E-state index is -0.658. The Morgan fingerprint density at radius 2 is 2.21 bits per heavy atom. The molecule has 1 aromatic carbocycles. The third-order valence-electron chi connectivity index (χ3n) is 2.24. The maximum absolute atomic E-state index is 13.2. The normalized spacial score (nSPS) is 10.5. The zero-order valence-electron chi connectivity index (χ0n) is 10.1. The van der Waals surface area contributed by atoms with Crippen LogP contribution in [-0.2, 0) is 0 Å². The van der Waals surface area contributed by atoms with Crippen LogP contribution in [0.2, 0.25) is 0 Å². The summed E-state index contributed by atoms with van der Waals surface area (Å²) in [5.74, 6) is 0.939. The largest absolute Gasteiger partial charge is 0.396 e. The number of rotatable bonds is 8. The van der Waals surface area contributed by atoms with Crippen LogP contribution in [-0.4, -0.2) is 34.7 Å². The summed E-state index contributed by atoms with van der Waals surface area (Å²) in [5.41, 5.74) is 0.0158. The van der Waals surface area contributed by atoms with Gasteiger partial charge in [-0.05, 0) is 34.2 Å². The average Bonchev–Trinajstić information content (AvgIpc) is 2.37. The molecule has 5 nitrogen and oxygen atoms in total. The second-order valence-corrected chi connectivity index (χ2v) is 5.74. The van der Waals surface area contributed by atoms with Crippen LogP contribution in [0.4, 0.5) is 15.8 Å². The van der Waals surface area contributed by atoms with Crippen LogP contribution < -0.4 is 5.32 Å². The maximum atomic E-state index is 13.2. The first-order chi connectivity index (χ1) is 9.06. The molecule has 1 rings (SSSR count). The molecule has 0 spiro atoms. The van der Waals surface area contributed by atoms with E-state index in [0.29, 0.717) is 12.2 Å². The van der Waals surface area contributed by atoms with Gasteiger partial charge in [0.05, 0.1) is 15.5 Å². The van der Waals surface area contributed by atoms with Gasteiger partial charge in [-0.25, -0.2) is 4.39 Å². The van der Waals surface area contributed by atoms with Crippen molar-refractivity contribution in [3.63, 3.8) is 0 Å². The highest BCUT2D eigenvalue weighted by atomic mass is 79.9. The number of nitrogens with zero attached hydrogens (tertiary/aromatic N) is 1. The quantitative estimate of drug-likeness (QED) is 0.427. The second kappa shape index (κ2) is 8.34. The molecule has 0 atom stereocenters. The fraction of sp³-hybridized carbons (Fsp3) is 0.455. The van der Waals surface area contributed by atoms with Gasteiger partial charge in [0.25, 0.3) is 5.69 Å².